The molecule has 1 amide bonds. The molecule has 5 rings (SSSR count). The molecule has 3 atom stereocenters. The van der Waals surface area contributed by atoms with Gasteiger partial charge in [-0.15, -0.1) is 0 Å². The third-order valence-electron chi connectivity index (χ3n) is 5.49. The molecule has 2 N–H and O–H groups in total. The highest BCUT2D eigenvalue weighted by atomic mass is 32.2. The van der Waals surface area contributed by atoms with Gasteiger partial charge in [0, 0.05) is 42.9 Å². The first-order valence-corrected chi connectivity index (χ1v) is 10.9. The number of H-pyrrole nitrogens is 1. The molecule has 3 unspecified atom stereocenters. The average Bonchev–Trinajstić information content (AvgIpc) is 3.34. The number of benzene rings is 1. The minimum Gasteiger partial charge on any atom is -0.372 e. The van der Waals surface area contributed by atoms with E-state index in [0.29, 0.717) is 12.2 Å². The van der Waals surface area contributed by atoms with Gasteiger partial charge in [-0.05, 0) is 42.7 Å². The normalized spacial score (nSPS) is 22.6. The van der Waals surface area contributed by atoms with E-state index < -0.39 is 11.0 Å². The molecule has 2 aliphatic rings. The maximum Gasteiger partial charge on any atom is 0.267 e. The molecule has 8 heteroatoms. The molecule has 2 saturated heterocycles. The van der Waals surface area contributed by atoms with Gasteiger partial charge < -0.3 is 15.0 Å². The van der Waals surface area contributed by atoms with Crippen molar-refractivity contribution in [3.05, 3.63) is 60.0 Å². The summed E-state index contributed by atoms with van der Waals surface area (Å²) in [5.74, 6) is -0.169. The Labute approximate surface area is 171 Å². The Kier molecular flexibility index (Phi) is 4.91. The van der Waals surface area contributed by atoms with Crippen molar-refractivity contribution in [2.45, 2.75) is 36.5 Å². The van der Waals surface area contributed by atoms with Crippen molar-refractivity contribution >= 4 is 27.8 Å². The summed E-state index contributed by atoms with van der Waals surface area (Å²) >= 11 is 0. The molecule has 4 heterocycles. The number of ether oxygens (including phenoxy) is 1. The number of carbonyl (C=O) groups excluding carboxylic acids is 1. The lowest BCUT2D eigenvalue weighted by atomic mass is 10.2. The van der Waals surface area contributed by atoms with E-state index in [0.717, 1.165) is 47.3 Å². The zero-order chi connectivity index (χ0) is 19.8. The second-order valence-corrected chi connectivity index (χ2v) is 9.01. The van der Waals surface area contributed by atoms with E-state index in [2.05, 4.69) is 15.3 Å². The van der Waals surface area contributed by atoms with Crippen LogP contribution in [-0.2, 0) is 22.3 Å². The number of nitrogens with one attached hydrogen (secondary N) is 2. The van der Waals surface area contributed by atoms with Crippen LogP contribution in [0.1, 0.15) is 28.9 Å². The summed E-state index contributed by atoms with van der Waals surface area (Å²) in [5.41, 5.74) is 2.35. The Hall–Kier alpha value is -2.55. The lowest BCUT2D eigenvalue weighted by Gasteiger charge is -2.30. The predicted molar refractivity (Wildman–Crippen MR) is 110 cm³/mol. The van der Waals surface area contributed by atoms with Crippen LogP contribution in [0.25, 0.3) is 10.9 Å². The SMILES string of the molecule is O=C(NCc1ccc(S(=O)N2CC3CCC(C2)O3)cc1)c1cc2cnccc2[nH]1. The van der Waals surface area contributed by atoms with E-state index in [1.807, 2.05) is 34.6 Å². The van der Waals surface area contributed by atoms with Gasteiger partial charge in [0.1, 0.15) is 16.7 Å². The number of nitrogens with zero attached hydrogens (tertiary/aromatic N) is 2. The highest BCUT2D eigenvalue weighted by Crippen LogP contribution is 2.28. The standard InChI is InChI=1S/C21H22N4O3S/c26-21(20-9-15-11-22-8-7-19(15)24-20)23-10-14-1-5-18(6-2-14)29(27)25-12-16-3-4-17(13-25)28-16/h1-2,5-9,11,16-17,24H,3-4,10,12-13H2,(H,23,26). The van der Waals surface area contributed by atoms with Crippen LogP contribution in [0, 0.1) is 0 Å². The van der Waals surface area contributed by atoms with Gasteiger partial charge in [-0.1, -0.05) is 12.1 Å². The third-order valence-corrected chi connectivity index (χ3v) is 6.93. The molecule has 29 heavy (non-hydrogen) atoms. The van der Waals surface area contributed by atoms with Crippen molar-refractivity contribution in [2.24, 2.45) is 0 Å². The molecule has 2 aliphatic heterocycles. The first-order chi connectivity index (χ1) is 14.2. The van der Waals surface area contributed by atoms with E-state index in [4.69, 9.17) is 4.74 Å². The topological polar surface area (TPSA) is 87.3 Å². The molecule has 7 nitrogen and oxygen atoms in total. The van der Waals surface area contributed by atoms with Crippen LogP contribution >= 0.6 is 0 Å². The second-order valence-electron chi connectivity index (χ2n) is 7.53. The van der Waals surface area contributed by atoms with Gasteiger partial charge in [0.25, 0.3) is 5.91 Å². The number of hydrogen-bond donors (Lipinski definition) is 2. The Morgan fingerprint density at radius 1 is 1.21 bits per heavy atom. The average molecular weight is 410 g/mol. The Balaban J connectivity index is 1.20. The van der Waals surface area contributed by atoms with E-state index >= 15 is 0 Å². The monoisotopic (exact) mass is 410 g/mol. The first-order valence-electron chi connectivity index (χ1n) is 9.78. The van der Waals surface area contributed by atoms with Gasteiger partial charge >= 0.3 is 0 Å². The number of hydrogen-bond acceptors (Lipinski definition) is 4. The summed E-state index contributed by atoms with van der Waals surface area (Å²) in [4.78, 5) is 20.3. The molecule has 3 aromatic rings. The summed E-state index contributed by atoms with van der Waals surface area (Å²) in [6, 6.07) is 11.2. The molecule has 2 fully saturated rings. The molecule has 0 spiro atoms. The summed E-state index contributed by atoms with van der Waals surface area (Å²) in [5, 5.41) is 3.82. The largest absolute Gasteiger partial charge is 0.372 e. The molecule has 2 aromatic heterocycles. The molecule has 0 radical (unpaired) electrons. The van der Waals surface area contributed by atoms with Gasteiger partial charge in [0.2, 0.25) is 0 Å². The molecule has 0 aliphatic carbocycles. The van der Waals surface area contributed by atoms with E-state index in [1.165, 1.54) is 0 Å². The minimum atomic E-state index is -1.18. The number of aromatic amines is 1. The highest BCUT2D eigenvalue weighted by Gasteiger charge is 2.36. The van der Waals surface area contributed by atoms with Crippen molar-refractivity contribution < 1.29 is 13.7 Å². The van der Waals surface area contributed by atoms with Crippen LogP contribution in [-0.4, -0.2) is 49.7 Å². The van der Waals surface area contributed by atoms with Crippen LogP contribution in [0.4, 0.5) is 0 Å². The fourth-order valence-corrected chi connectivity index (χ4v) is 5.23. The smallest absolute Gasteiger partial charge is 0.267 e. The number of aromatic nitrogens is 2. The van der Waals surface area contributed by atoms with E-state index in [1.54, 1.807) is 18.5 Å². The molecular formula is C21H22N4O3S. The number of pyridine rings is 1. The van der Waals surface area contributed by atoms with Crippen LogP contribution in [0.15, 0.2) is 53.7 Å². The fraction of sp³-hybridized carbons (Fsp3) is 0.333. The van der Waals surface area contributed by atoms with Crippen molar-refractivity contribution in [2.75, 3.05) is 13.1 Å². The molecule has 150 valence electrons. The number of carbonyl (C=O) groups is 1. The summed E-state index contributed by atoms with van der Waals surface area (Å²) in [7, 11) is -1.18. The maximum absolute atomic E-state index is 12.9. The fourth-order valence-electron chi connectivity index (χ4n) is 3.96. The van der Waals surface area contributed by atoms with Crippen LogP contribution in [0.5, 0.6) is 0 Å². The Bertz CT molecular complexity index is 1020. The van der Waals surface area contributed by atoms with Gasteiger partial charge in [-0.2, -0.15) is 0 Å². The van der Waals surface area contributed by atoms with Gasteiger partial charge in [-0.25, -0.2) is 8.51 Å². The molecule has 2 bridgehead atoms. The summed E-state index contributed by atoms with van der Waals surface area (Å²) in [6.07, 6.45) is 5.96. The van der Waals surface area contributed by atoms with Crippen molar-refractivity contribution in [3.8, 4) is 0 Å². The van der Waals surface area contributed by atoms with Crippen molar-refractivity contribution in [1.29, 1.82) is 0 Å². The lowest BCUT2D eigenvalue weighted by Crippen LogP contribution is -2.43. The van der Waals surface area contributed by atoms with Gasteiger partial charge in [0.05, 0.1) is 17.1 Å². The third kappa shape index (κ3) is 3.83. The lowest BCUT2D eigenvalue weighted by molar-refractivity contribution is -0.00993. The van der Waals surface area contributed by atoms with E-state index in [-0.39, 0.29) is 18.1 Å². The quantitative estimate of drug-likeness (QED) is 0.676. The molecule has 1 aromatic carbocycles. The summed E-state index contributed by atoms with van der Waals surface area (Å²) in [6.45, 7) is 1.85. The van der Waals surface area contributed by atoms with Crippen LogP contribution in [0.2, 0.25) is 0 Å². The van der Waals surface area contributed by atoms with Crippen molar-refractivity contribution in [1.82, 2.24) is 19.6 Å². The number of morpholine rings is 1. The zero-order valence-electron chi connectivity index (χ0n) is 15.8. The highest BCUT2D eigenvalue weighted by molar-refractivity contribution is 7.82. The van der Waals surface area contributed by atoms with Gasteiger partial charge in [-0.3, -0.25) is 9.78 Å². The zero-order valence-corrected chi connectivity index (χ0v) is 16.7. The maximum atomic E-state index is 12.9. The van der Waals surface area contributed by atoms with Crippen LogP contribution in [0.3, 0.4) is 0 Å². The van der Waals surface area contributed by atoms with Crippen LogP contribution < -0.4 is 5.32 Å². The number of rotatable bonds is 5. The van der Waals surface area contributed by atoms with Crippen molar-refractivity contribution in [3.63, 3.8) is 0 Å². The molecule has 0 saturated carbocycles. The minimum absolute atomic E-state index is 0.169. The Morgan fingerprint density at radius 2 is 1.97 bits per heavy atom. The number of fused-ring (bicyclic) bond motifs is 3. The second kappa shape index (κ2) is 7.70. The van der Waals surface area contributed by atoms with E-state index in [9.17, 15) is 9.00 Å². The number of amides is 1. The first kappa shape index (κ1) is 18.5. The predicted octanol–water partition coefficient (Wildman–Crippen LogP) is 2.38. The Morgan fingerprint density at radius 3 is 2.69 bits per heavy atom. The summed E-state index contributed by atoms with van der Waals surface area (Å²) < 4.78 is 20.7. The van der Waals surface area contributed by atoms with Gasteiger partial charge in [0.15, 0.2) is 0 Å². The molecular weight excluding hydrogens is 388 g/mol.